The number of hydrogen-bond donors (Lipinski definition) is 0. The van der Waals surface area contributed by atoms with Crippen LogP contribution < -0.4 is 0 Å². The number of para-hydroxylation sites is 1. The van der Waals surface area contributed by atoms with Crippen molar-refractivity contribution in [3.63, 3.8) is 0 Å². The predicted molar refractivity (Wildman–Crippen MR) is 46.2 cm³/mol. The van der Waals surface area contributed by atoms with Gasteiger partial charge in [-0.2, -0.15) is 0 Å². The van der Waals surface area contributed by atoms with Gasteiger partial charge >= 0.3 is 0 Å². The first kappa shape index (κ1) is 7.98. The van der Waals surface area contributed by atoms with E-state index in [1.807, 2.05) is 0 Å². The van der Waals surface area contributed by atoms with Gasteiger partial charge in [-0.05, 0) is 13.0 Å². The van der Waals surface area contributed by atoms with E-state index in [1.54, 1.807) is 12.1 Å². The quantitative estimate of drug-likeness (QED) is 0.628. The number of furan rings is 1. The number of carbonyl (C=O) groups excluding carboxylic acids is 1. The Balaban J connectivity index is 2.83. The van der Waals surface area contributed by atoms with Gasteiger partial charge in [0.2, 0.25) is 0 Å². The van der Waals surface area contributed by atoms with Gasteiger partial charge < -0.3 is 4.42 Å². The van der Waals surface area contributed by atoms with Gasteiger partial charge in [-0.1, -0.05) is 12.1 Å². The lowest BCUT2D eigenvalue weighted by Gasteiger charge is -1.90. The van der Waals surface area contributed by atoms with Crippen molar-refractivity contribution in [1.29, 1.82) is 0 Å². The number of benzene rings is 1. The third kappa shape index (κ3) is 1.13. The largest absolute Gasteiger partial charge is 0.460 e. The van der Waals surface area contributed by atoms with Crippen LogP contribution >= 0.6 is 0 Å². The number of rotatable bonds is 1. The number of Topliss-reactive ketones (excluding diaryl/α,β-unsaturated/α-hetero) is 1. The Morgan fingerprint density at radius 1 is 1.46 bits per heavy atom. The monoisotopic (exact) mass is 178 g/mol. The van der Waals surface area contributed by atoms with Crippen molar-refractivity contribution in [1.82, 2.24) is 0 Å². The molecule has 0 aliphatic heterocycles. The lowest BCUT2D eigenvalue weighted by molar-refractivity contribution is 0.101. The maximum absolute atomic E-state index is 13.1. The zero-order chi connectivity index (χ0) is 9.42. The number of halogens is 1. The Morgan fingerprint density at radius 2 is 2.23 bits per heavy atom. The maximum Gasteiger partial charge on any atom is 0.170 e. The highest BCUT2D eigenvalue weighted by Gasteiger charge is 2.11. The number of carbonyl (C=O) groups is 1. The van der Waals surface area contributed by atoms with Crippen LogP contribution in [0.25, 0.3) is 11.0 Å². The molecule has 1 heterocycles. The first-order chi connectivity index (χ1) is 6.20. The molecule has 0 unspecified atom stereocenters. The minimum Gasteiger partial charge on any atom is -0.460 e. The molecule has 0 radical (unpaired) electrons. The van der Waals surface area contributed by atoms with Crippen molar-refractivity contribution >= 4 is 16.8 Å². The molecule has 3 heteroatoms. The molecular formula is C10H7FO2. The topological polar surface area (TPSA) is 30.2 Å². The second-order valence-corrected chi connectivity index (χ2v) is 2.82. The molecule has 0 N–H and O–H groups in total. The van der Waals surface area contributed by atoms with Crippen LogP contribution in [-0.2, 0) is 0 Å². The Bertz CT molecular complexity index is 471. The zero-order valence-electron chi connectivity index (χ0n) is 7.00. The van der Waals surface area contributed by atoms with Crippen LogP contribution in [0.3, 0.4) is 0 Å². The van der Waals surface area contributed by atoms with Crippen LogP contribution in [0.1, 0.15) is 17.3 Å². The standard InChI is InChI=1S/C10H7FO2/c1-6(12)8-5-13-10-7(8)3-2-4-9(10)11/h2-5H,1H3. The minimum atomic E-state index is -0.440. The van der Waals surface area contributed by atoms with Gasteiger partial charge in [-0.25, -0.2) is 4.39 Å². The molecule has 0 saturated carbocycles. The van der Waals surface area contributed by atoms with Gasteiger partial charge in [0.15, 0.2) is 17.2 Å². The van der Waals surface area contributed by atoms with E-state index in [9.17, 15) is 9.18 Å². The van der Waals surface area contributed by atoms with Crippen molar-refractivity contribution in [2.24, 2.45) is 0 Å². The first-order valence-electron chi connectivity index (χ1n) is 3.87. The van der Waals surface area contributed by atoms with Gasteiger partial charge in [0.25, 0.3) is 0 Å². The van der Waals surface area contributed by atoms with Crippen molar-refractivity contribution < 1.29 is 13.6 Å². The summed E-state index contributed by atoms with van der Waals surface area (Å²) in [5.74, 6) is -0.561. The van der Waals surface area contributed by atoms with Gasteiger partial charge in [0.1, 0.15) is 6.26 Å². The first-order valence-corrected chi connectivity index (χ1v) is 3.87. The fourth-order valence-electron chi connectivity index (χ4n) is 1.29. The summed E-state index contributed by atoms with van der Waals surface area (Å²) in [5.41, 5.74) is 0.571. The third-order valence-corrected chi connectivity index (χ3v) is 1.93. The van der Waals surface area contributed by atoms with Crippen LogP contribution in [-0.4, -0.2) is 5.78 Å². The molecule has 0 atom stereocenters. The van der Waals surface area contributed by atoms with E-state index in [0.29, 0.717) is 10.9 Å². The fourth-order valence-corrected chi connectivity index (χ4v) is 1.29. The second kappa shape index (κ2) is 2.69. The second-order valence-electron chi connectivity index (χ2n) is 2.82. The summed E-state index contributed by atoms with van der Waals surface area (Å²) in [6.45, 7) is 1.43. The lowest BCUT2D eigenvalue weighted by Crippen LogP contribution is -1.88. The maximum atomic E-state index is 13.1. The third-order valence-electron chi connectivity index (χ3n) is 1.93. The molecule has 0 fully saturated rings. The highest BCUT2D eigenvalue weighted by atomic mass is 19.1. The van der Waals surface area contributed by atoms with Crippen LogP contribution in [0.4, 0.5) is 4.39 Å². The van der Waals surface area contributed by atoms with E-state index < -0.39 is 5.82 Å². The van der Waals surface area contributed by atoms with Crippen LogP contribution in [0, 0.1) is 5.82 Å². The number of ketones is 1. The van der Waals surface area contributed by atoms with E-state index in [-0.39, 0.29) is 11.4 Å². The molecule has 0 aliphatic carbocycles. The highest BCUT2D eigenvalue weighted by Crippen LogP contribution is 2.23. The van der Waals surface area contributed by atoms with Crippen molar-refractivity contribution in [2.75, 3.05) is 0 Å². The van der Waals surface area contributed by atoms with E-state index in [2.05, 4.69) is 0 Å². The summed E-state index contributed by atoms with van der Waals surface area (Å²) < 4.78 is 18.0. The molecule has 0 amide bonds. The average molecular weight is 178 g/mol. The number of fused-ring (bicyclic) bond motifs is 1. The molecule has 0 aliphatic rings. The Morgan fingerprint density at radius 3 is 2.92 bits per heavy atom. The SMILES string of the molecule is CC(=O)c1coc2c(F)cccc12. The molecule has 0 saturated heterocycles. The molecule has 1 aromatic carbocycles. The van der Waals surface area contributed by atoms with E-state index in [1.165, 1.54) is 19.3 Å². The van der Waals surface area contributed by atoms with Gasteiger partial charge in [0, 0.05) is 5.39 Å². The van der Waals surface area contributed by atoms with Gasteiger partial charge in [-0.3, -0.25) is 4.79 Å². The lowest BCUT2D eigenvalue weighted by atomic mass is 10.1. The predicted octanol–water partition coefficient (Wildman–Crippen LogP) is 2.77. The highest BCUT2D eigenvalue weighted by molar-refractivity contribution is 6.05. The molecule has 0 spiro atoms. The normalized spacial score (nSPS) is 10.6. The Hall–Kier alpha value is -1.64. The number of hydrogen-bond acceptors (Lipinski definition) is 2. The molecule has 2 aromatic rings. The summed E-state index contributed by atoms with van der Waals surface area (Å²) in [6, 6.07) is 4.52. The van der Waals surface area contributed by atoms with Gasteiger partial charge in [-0.15, -0.1) is 0 Å². The van der Waals surface area contributed by atoms with Crippen molar-refractivity contribution in [2.45, 2.75) is 6.92 Å². The van der Waals surface area contributed by atoms with E-state index in [4.69, 9.17) is 4.42 Å². The fraction of sp³-hybridized carbons (Fsp3) is 0.100. The van der Waals surface area contributed by atoms with Crippen LogP contribution in [0.2, 0.25) is 0 Å². The van der Waals surface area contributed by atoms with Crippen LogP contribution in [0.15, 0.2) is 28.9 Å². The molecule has 66 valence electrons. The summed E-state index contributed by atoms with van der Waals surface area (Å²) in [6.07, 6.45) is 1.29. The molecular weight excluding hydrogens is 171 g/mol. The molecule has 2 rings (SSSR count). The Labute approximate surface area is 74.0 Å². The smallest absolute Gasteiger partial charge is 0.170 e. The average Bonchev–Trinajstić information content (AvgIpc) is 2.48. The summed E-state index contributed by atoms with van der Waals surface area (Å²) >= 11 is 0. The van der Waals surface area contributed by atoms with E-state index >= 15 is 0 Å². The van der Waals surface area contributed by atoms with Crippen molar-refractivity contribution in [3.05, 3.63) is 35.8 Å². The summed E-state index contributed by atoms with van der Waals surface area (Å²) in [7, 11) is 0. The minimum absolute atomic E-state index is 0.121. The summed E-state index contributed by atoms with van der Waals surface area (Å²) in [5, 5.41) is 0.535. The van der Waals surface area contributed by atoms with Gasteiger partial charge in [0.05, 0.1) is 5.56 Å². The summed E-state index contributed by atoms with van der Waals surface area (Å²) in [4.78, 5) is 11.0. The van der Waals surface area contributed by atoms with E-state index in [0.717, 1.165) is 0 Å². The Kier molecular flexibility index (Phi) is 1.65. The zero-order valence-corrected chi connectivity index (χ0v) is 7.00. The molecule has 2 nitrogen and oxygen atoms in total. The van der Waals surface area contributed by atoms with Crippen molar-refractivity contribution in [3.8, 4) is 0 Å². The molecule has 1 aromatic heterocycles. The van der Waals surface area contributed by atoms with Crippen LogP contribution in [0.5, 0.6) is 0 Å². The molecule has 0 bridgehead atoms. The molecule has 13 heavy (non-hydrogen) atoms.